The van der Waals surface area contributed by atoms with Gasteiger partial charge in [-0.3, -0.25) is 19.3 Å². The van der Waals surface area contributed by atoms with Crippen molar-refractivity contribution in [1.29, 1.82) is 0 Å². The summed E-state index contributed by atoms with van der Waals surface area (Å²) in [7, 11) is 6.03. The quantitative estimate of drug-likeness (QED) is 0.899. The maximum Gasteiger partial charge on any atom is 0.238 e. The molecule has 1 amide bonds. The second-order valence-corrected chi connectivity index (χ2v) is 7.05. The number of rotatable bonds is 5. The van der Waals surface area contributed by atoms with Gasteiger partial charge in [-0.15, -0.1) is 0 Å². The molecule has 0 saturated carbocycles. The third-order valence-electron chi connectivity index (χ3n) is 5.06. The molecule has 0 spiro atoms. The number of benzene rings is 1. The second-order valence-electron chi connectivity index (χ2n) is 7.05. The fourth-order valence-corrected chi connectivity index (χ4v) is 3.40. The highest BCUT2D eigenvalue weighted by atomic mass is 16.2. The molecule has 2 heterocycles. The van der Waals surface area contributed by atoms with Crippen LogP contribution in [0.3, 0.4) is 0 Å². The van der Waals surface area contributed by atoms with Crippen LogP contribution in [0.5, 0.6) is 0 Å². The molecule has 0 radical (unpaired) electrons. The fraction of sp³-hybridized carbons (Fsp3) is 0.474. The van der Waals surface area contributed by atoms with E-state index in [0.29, 0.717) is 12.6 Å². The van der Waals surface area contributed by atoms with Crippen molar-refractivity contribution in [2.75, 3.05) is 32.5 Å². The lowest BCUT2D eigenvalue weighted by Crippen LogP contribution is -2.46. The van der Waals surface area contributed by atoms with E-state index in [9.17, 15) is 4.79 Å². The molecule has 6 heteroatoms. The van der Waals surface area contributed by atoms with E-state index in [-0.39, 0.29) is 5.91 Å². The van der Waals surface area contributed by atoms with E-state index in [1.54, 1.807) is 10.9 Å². The summed E-state index contributed by atoms with van der Waals surface area (Å²) >= 11 is 0. The van der Waals surface area contributed by atoms with E-state index in [0.717, 1.165) is 30.9 Å². The molecule has 2 aromatic rings. The van der Waals surface area contributed by atoms with Gasteiger partial charge in [0.1, 0.15) is 0 Å². The van der Waals surface area contributed by atoms with Crippen molar-refractivity contribution in [2.24, 2.45) is 7.05 Å². The molecule has 0 bridgehead atoms. The SMILES string of the molecule is Cc1c(NC(=O)CN(C)CC2Cc3ccccc3CN2C)cnn1C. The lowest BCUT2D eigenvalue weighted by atomic mass is 9.94. The summed E-state index contributed by atoms with van der Waals surface area (Å²) in [5.74, 6) is -0.00235. The number of carbonyl (C=O) groups excluding carboxylic acids is 1. The molecule has 25 heavy (non-hydrogen) atoms. The maximum absolute atomic E-state index is 12.3. The third kappa shape index (κ3) is 4.08. The predicted molar refractivity (Wildman–Crippen MR) is 99.5 cm³/mol. The molecule has 134 valence electrons. The van der Waals surface area contributed by atoms with Crippen LogP contribution in [-0.4, -0.2) is 58.7 Å². The van der Waals surface area contributed by atoms with Crippen LogP contribution in [0, 0.1) is 6.92 Å². The van der Waals surface area contributed by atoms with Gasteiger partial charge in [0.25, 0.3) is 0 Å². The summed E-state index contributed by atoms with van der Waals surface area (Å²) in [5.41, 5.74) is 4.58. The summed E-state index contributed by atoms with van der Waals surface area (Å²) in [6.07, 6.45) is 2.72. The van der Waals surface area contributed by atoms with Crippen molar-refractivity contribution in [3.8, 4) is 0 Å². The van der Waals surface area contributed by atoms with Gasteiger partial charge in [-0.1, -0.05) is 24.3 Å². The Kier molecular flexibility index (Phi) is 5.20. The summed E-state index contributed by atoms with van der Waals surface area (Å²) < 4.78 is 1.76. The van der Waals surface area contributed by atoms with Gasteiger partial charge in [-0.2, -0.15) is 5.10 Å². The van der Waals surface area contributed by atoms with Crippen molar-refractivity contribution < 1.29 is 4.79 Å². The Morgan fingerprint density at radius 2 is 2.04 bits per heavy atom. The summed E-state index contributed by atoms with van der Waals surface area (Å²) in [4.78, 5) is 16.8. The van der Waals surface area contributed by atoms with Gasteiger partial charge in [0.05, 0.1) is 24.1 Å². The van der Waals surface area contributed by atoms with Crippen molar-refractivity contribution in [2.45, 2.75) is 25.9 Å². The minimum atomic E-state index is -0.00235. The van der Waals surface area contributed by atoms with Gasteiger partial charge in [0.2, 0.25) is 5.91 Å². The zero-order valence-electron chi connectivity index (χ0n) is 15.5. The van der Waals surface area contributed by atoms with Crippen molar-refractivity contribution in [1.82, 2.24) is 19.6 Å². The average Bonchev–Trinajstić information content (AvgIpc) is 2.87. The zero-order chi connectivity index (χ0) is 18.0. The fourth-order valence-electron chi connectivity index (χ4n) is 3.40. The largest absolute Gasteiger partial charge is 0.322 e. The Morgan fingerprint density at radius 3 is 2.72 bits per heavy atom. The smallest absolute Gasteiger partial charge is 0.238 e. The highest BCUT2D eigenvalue weighted by Crippen LogP contribution is 2.22. The van der Waals surface area contributed by atoms with Gasteiger partial charge in [-0.25, -0.2) is 0 Å². The van der Waals surface area contributed by atoms with Crippen LogP contribution in [0.25, 0.3) is 0 Å². The standard InChI is InChI=1S/C19H27N5O/c1-14-18(10-20-24(14)4)21-19(25)13-22(2)12-17-9-15-7-5-6-8-16(15)11-23(17)3/h5-8,10,17H,9,11-13H2,1-4H3,(H,21,25). The number of likely N-dealkylation sites (N-methyl/N-ethyl adjacent to an activating group) is 2. The molecule has 1 aliphatic heterocycles. The van der Waals surface area contributed by atoms with E-state index in [1.807, 2.05) is 21.0 Å². The average molecular weight is 341 g/mol. The van der Waals surface area contributed by atoms with E-state index >= 15 is 0 Å². The Labute approximate surface area is 149 Å². The van der Waals surface area contributed by atoms with Crippen LogP contribution in [0.15, 0.2) is 30.5 Å². The number of hydrogen-bond donors (Lipinski definition) is 1. The first-order valence-corrected chi connectivity index (χ1v) is 8.68. The Morgan fingerprint density at radius 1 is 1.32 bits per heavy atom. The molecule has 1 unspecified atom stereocenters. The molecule has 1 aromatic carbocycles. The van der Waals surface area contributed by atoms with E-state index in [4.69, 9.17) is 0 Å². The number of nitrogens with zero attached hydrogens (tertiary/aromatic N) is 4. The van der Waals surface area contributed by atoms with Crippen molar-refractivity contribution in [3.05, 3.63) is 47.3 Å². The molecule has 3 rings (SSSR count). The van der Waals surface area contributed by atoms with E-state index in [1.165, 1.54) is 11.1 Å². The van der Waals surface area contributed by atoms with Crippen LogP contribution in [0.1, 0.15) is 16.8 Å². The van der Waals surface area contributed by atoms with E-state index in [2.05, 4.69) is 51.5 Å². The molecule has 1 atom stereocenters. The van der Waals surface area contributed by atoms with Crippen LogP contribution in [0.2, 0.25) is 0 Å². The molecule has 0 saturated heterocycles. The summed E-state index contributed by atoms with van der Waals surface area (Å²) in [6, 6.07) is 9.05. The van der Waals surface area contributed by atoms with Crippen molar-refractivity contribution in [3.63, 3.8) is 0 Å². The number of anilines is 1. The lowest BCUT2D eigenvalue weighted by Gasteiger charge is -2.36. The Hall–Kier alpha value is -2.18. The molecular weight excluding hydrogens is 314 g/mol. The number of amides is 1. The Balaban J connectivity index is 1.54. The molecule has 1 N–H and O–H groups in total. The highest BCUT2D eigenvalue weighted by Gasteiger charge is 2.24. The maximum atomic E-state index is 12.3. The van der Waals surface area contributed by atoms with Crippen molar-refractivity contribution >= 4 is 11.6 Å². The number of carbonyl (C=O) groups is 1. The van der Waals surface area contributed by atoms with Crippen LogP contribution < -0.4 is 5.32 Å². The predicted octanol–water partition coefficient (Wildman–Crippen LogP) is 1.66. The molecule has 1 aliphatic rings. The van der Waals surface area contributed by atoms with Crippen LogP contribution in [0.4, 0.5) is 5.69 Å². The van der Waals surface area contributed by atoms with Gasteiger partial charge in [0.15, 0.2) is 0 Å². The molecule has 1 aromatic heterocycles. The summed E-state index contributed by atoms with van der Waals surface area (Å²) in [5, 5.41) is 7.10. The third-order valence-corrected chi connectivity index (χ3v) is 5.06. The van der Waals surface area contributed by atoms with Gasteiger partial charge in [-0.05, 0) is 38.6 Å². The van der Waals surface area contributed by atoms with Gasteiger partial charge >= 0.3 is 0 Å². The summed E-state index contributed by atoms with van der Waals surface area (Å²) in [6.45, 7) is 4.15. The number of aryl methyl sites for hydroxylation is 1. The van der Waals surface area contributed by atoms with Crippen LogP contribution >= 0.6 is 0 Å². The molecule has 0 fully saturated rings. The second kappa shape index (κ2) is 7.37. The normalized spacial score (nSPS) is 17.6. The minimum Gasteiger partial charge on any atom is -0.322 e. The zero-order valence-corrected chi connectivity index (χ0v) is 15.5. The molecule has 0 aliphatic carbocycles. The minimum absolute atomic E-state index is 0.00235. The topological polar surface area (TPSA) is 53.4 Å². The lowest BCUT2D eigenvalue weighted by molar-refractivity contribution is -0.117. The van der Waals surface area contributed by atoms with E-state index < -0.39 is 0 Å². The number of nitrogens with one attached hydrogen (secondary N) is 1. The molecule has 6 nitrogen and oxygen atoms in total. The number of fused-ring (bicyclic) bond motifs is 1. The first kappa shape index (κ1) is 17.6. The first-order chi connectivity index (χ1) is 11.9. The molecular formula is C19H27N5O. The monoisotopic (exact) mass is 341 g/mol. The first-order valence-electron chi connectivity index (χ1n) is 8.68. The van der Waals surface area contributed by atoms with Gasteiger partial charge in [0, 0.05) is 26.2 Å². The highest BCUT2D eigenvalue weighted by molar-refractivity contribution is 5.92. The number of aromatic nitrogens is 2. The number of hydrogen-bond acceptors (Lipinski definition) is 4. The van der Waals surface area contributed by atoms with Gasteiger partial charge < -0.3 is 5.32 Å². The van der Waals surface area contributed by atoms with Crippen LogP contribution in [-0.2, 0) is 24.8 Å². The Bertz CT molecular complexity index is 754.